The molecule has 1 aromatic heterocycles. The largest absolute Gasteiger partial charge is 0.507 e. The summed E-state index contributed by atoms with van der Waals surface area (Å²) < 4.78 is 16.5. The number of carbonyl (C=O) groups excluding carboxylic acids is 1. The lowest BCUT2D eigenvalue weighted by atomic mass is 9.97. The van der Waals surface area contributed by atoms with Gasteiger partial charge in [-0.15, -0.1) is 0 Å². The maximum atomic E-state index is 13.1. The highest BCUT2D eigenvalue weighted by molar-refractivity contribution is 6.01. The van der Waals surface area contributed by atoms with Crippen molar-refractivity contribution in [2.75, 3.05) is 6.61 Å². The molecule has 9 heteroatoms. The van der Waals surface area contributed by atoms with E-state index in [1.807, 2.05) is 24.3 Å². The lowest BCUT2D eigenvalue weighted by molar-refractivity contribution is -0.277. The van der Waals surface area contributed by atoms with Crippen molar-refractivity contribution >= 4 is 16.8 Å². The van der Waals surface area contributed by atoms with Crippen molar-refractivity contribution in [3.63, 3.8) is 0 Å². The van der Waals surface area contributed by atoms with Crippen molar-refractivity contribution < 1.29 is 44.2 Å². The lowest BCUT2D eigenvalue weighted by Crippen LogP contribution is -2.60. The standard InChI is InChI=1S/C24H26O9/c1-12-2-5-15(26)19(16(27)6-3-13-4-7-17-14(10-13)8-9-31-17)23(12)33-24-22(30)21(29)20(28)18(11-25)32-24/h2,4-5,7-10,18,20-22,24-26,28-30H,3,6,11H2,1H3. The number of phenolic OH excluding ortho intramolecular Hbond substituents is 1. The monoisotopic (exact) mass is 458 g/mol. The highest BCUT2D eigenvalue weighted by atomic mass is 16.7. The van der Waals surface area contributed by atoms with Crippen molar-refractivity contribution in [3.8, 4) is 11.5 Å². The Morgan fingerprint density at radius 3 is 2.61 bits per heavy atom. The minimum absolute atomic E-state index is 0.00498. The molecule has 1 aliphatic rings. The number of hydrogen-bond acceptors (Lipinski definition) is 9. The van der Waals surface area contributed by atoms with Crippen LogP contribution in [0.15, 0.2) is 47.1 Å². The van der Waals surface area contributed by atoms with Crippen LogP contribution in [0, 0.1) is 6.92 Å². The molecule has 0 spiro atoms. The Hall–Kier alpha value is -2.95. The molecule has 1 fully saturated rings. The molecular weight excluding hydrogens is 432 g/mol. The summed E-state index contributed by atoms with van der Waals surface area (Å²) in [5.41, 5.74) is 2.08. The Labute approximate surface area is 189 Å². The van der Waals surface area contributed by atoms with Gasteiger partial charge in [0.1, 0.15) is 47.1 Å². The summed E-state index contributed by atoms with van der Waals surface area (Å²) in [7, 11) is 0. The molecule has 33 heavy (non-hydrogen) atoms. The van der Waals surface area contributed by atoms with Crippen LogP contribution in [0.1, 0.15) is 27.9 Å². The fourth-order valence-corrected chi connectivity index (χ4v) is 3.93. The number of carbonyl (C=O) groups is 1. The van der Waals surface area contributed by atoms with Crippen LogP contribution in [0.4, 0.5) is 0 Å². The number of ether oxygens (including phenoxy) is 2. The van der Waals surface area contributed by atoms with Crippen LogP contribution in [0.25, 0.3) is 11.0 Å². The molecule has 5 unspecified atom stereocenters. The second-order valence-corrected chi connectivity index (χ2v) is 8.14. The molecule has 0 saturated carbocycles. The Morgan fingerprint density at radius 1 is 1.06 bits per heavy atom. The molecular formula is C24H26O9. The van der Waals surface area contributed by atoms with Crippen LogP contribution < -0.4 is 4.74 Å². The summed E-state index contributed by atoms with van der Waals surface area (Å²) in [6, 6.07) is 10.4. The predicted octanol–water partition coefficient (Wildman–Crippen LogP) is 1.44. The summed E-state index contributed by atoms with van der Waals surface area (Å²) in [6.45, 7) is 1.04. The first-order chi connectivity index (χ1) is 15.8. The second kappa shape index (κ2) is 9.50. The number of phenols is 1. The Morgan fingerprint density at radius 2 is 1.85 bits per heavy atom. The first-order valence-electron chi connectivity index (χ1n) is 10.6. The summed E-state index contributed by atoms with van der Waals surface area (Å²) in [5.74, 6) is -0.687. The normalized spacial score (nSPS) is 25.3. The molecule has 0 amide bonds. The van der Waals surface area contributed by atoms with Gasteiger partial charge in [0.05, 0.1) is 12.9 Å². The minimum atomic E-state index is -1.64. The fraction of sp³-hybridized carbons (Fsp3) is 0.375. The van der Waals surface area contributed by atoms with Crippen LogP contribution in [0.2, 0.25) is 0 Å². The van der Waals surface area contributed by atoms with Gasteiger partial charge in [0.25, 0.3) is 0 Å². The van der Waals surface area contributed by atoms with Gasteiger partial charge in [-0.2, -0.15) is 0 Å². The van der Waals surface area contributed by atoms with Crippen LogP contribution >= 0.6 is 0 Å². The zero-order chi connectivity index (χ0) is 23.7. The van der Waals surface area contributed by atoms with Gasteiger partial charge in [-0.25, -0.2) is 0 Å². The van der Waals surface area contributed by atoms with Gasteiger partial charge in [0.2, 0.25) is 6.29 Å². The number of ketones is 1. The maximum Gasteiger partial charge on any atom is 0.229 e. The molecule has 9 nitrogen and oxygen atoms in total. The fourth-order valence-electron chi connectivity index (χ4n) is 3.93. The second-order valence-electron chi connectivity index (χ2n) is 8.14. The highest BCUT2D eigenvalue weighted by Gasteiger charge is 2.45. The van der Waals surface area contributed by atoms with E-state index in [4.69, 9.17) is 13.9 Å². The minimum Gasteiger partial charge on any atom is -0.507 e. The van der Waals surface area contributed by atoms with Gasteiger partial charge >= 0.3 is 0 Å². The third-order valence-corrected chi connectivity index (χ3v) is 5.85. The van der Waals surface area contributed by atoms with E-state index in [2.05, 4.69) is 0 Å². The average molecular weight is 458 g/mol. The molecule has 0 aliphatic carbocycles. The van der Waals surface area contributed by atoms with Crippen molar-refractivity contribution in [2.24, 2.45) is 0 Å². The van der Waals surface area contributed by atoms with Gasteiger partial charge in [0.15, 0.2) is 5.78 Å². The first-order valence-corrected chi connectivity index (χ1v) is 10.6. The molecule has 176 valence electrons. The van der Waals surface area contributed by atoms with Crippen LogP contribution in [-0.2, 0) is 11.2 Å². The molecule has 0 bridgehead atoms. The van der Waals surface area contributed by atoms with E-state index in [-0.39, 0.29) is 29.3 Å². The molecule has 0 radical (unpaired) electrons. The Kier molecular flexibility index (Phi) is 6.68. The van der Waals surface area contributed by atoms with Crippen molar-refractivity contribution in [1.82, 2.24) is 0 Å². The van der Waals surface area contributed by atoms with Crippen LogP contribution in [0.5, 0.6) is 11.5 Å². The van der Waals surface area contributed by atoms with Gasteiger partial charge in [-0.3, -0.25) is 4.79 Å². The smallest absolute Gasteiger partial charge is 0.229 e. The van der Waals surface area contributed by atoms with E-state index < -0.39 is 37.3 Å². The van der Waals surface area contributed by atoms with Gasteiger partial charge in [-0.1, -0.05) is 12.1 Å². The number of Topliss-reactive ketones (excluding diaryl/α,β-unsaturated/α-hetero) is 1. The Bertz CT molecular complexity index is 1140. The number of aliphatic hydroxyl groups excluding tert-OH is 4. The van der Waals surface area contributed by atoms with E-state index >= 15 is 0 Å². The zero-order valence-electron chi connectivity index (χ0n) is 17.9. The summed E-state index contributed by atoms with van der Waals surface area (Å²) in [5, 5.41) is 51.0. The van der Waals surface area contributed by atoms with E-state index in [1.54, 1.807) is 13.2 Å². The first kappa shape index (κ1) is 23.2. The SMILES string of the molecule is Cc1ccc(O)c(C(=O)CCc2ccc3occc3c2)c1OC1OC(CO)C(O)C(O)C1O. The molecule has 3 aromatic rings. The summed E-state index contributed by atoms with van der Waals surface area (Å²) in [6.07, 6.45) is -5.38. The van der Waals surface area contributed by atoms with Gasteiger partial charge < -0.3 is 39.4 Å². The topological polar surface area (TPSA) is 150 Å². The molecule has 1 aliphatic heterocycles. The average Bonchev–Trinajstić information content (AvgIpc) is 3.28. The van der Waals surface area contributed by atoms with Crippen LogP contribution in [0.3, 0.4) is 0 Å². The summed E-state index contributed by atoms with van der Waals surface area (Å²) >= 11 is 0. The molecule has 5 atom stereocenters. The number of aromatic hydroxyl groups is 1. The number of aryl methyl sites for hydroxylation is 2. The van der Waals surface area contributed by atoms with E-state index in [0.717, 1.165) is 16.5 Å². The quantitative estimate of drug-likeness (QED) is 0.331. The predicted molar refractivity (Wildman–Crippen MR) is 116 cm³/mol. The molecule has 2 heterocycles. The number of hydrogen-bond donors (Lipinski definition) is 5. The van der Waals surface area contributed by atoms with E-state index in [9.17, 15) is 30.3 Å². The lowest BCUT2D eigenvalue weighted by Gasteiger charge is -2.39. The maximum absolute atomic E-state index is 13.1. The number of fused-ring (bicyclic) bond motifs is 1. The third-order valence-electron chi connectivity index (χ3n) is 5.85. The number of rotatable bonds is 7. The number of furan rings is 1. The molecule has 5 N–H and O–H groups in total. The van der Waals surface area contributed by atoms with Crippen molar-refractivity contribution in [2.45, 2.75) is 50.5 Å². The zero-order valence-corrected chi connectivity index (χ0v) is 17.9. The Balaban J connectivity index is 1.56. The van der Waals surface area contributed by atoms with Crippen molar-refractivity contribution in [1.29, 1.82) is 0 Å². The van der Waals surface area contributed by atoms with Gasteiger partial charge in [-0.05, 0) is 48.7 Å². The van der Waals surface area contributed by atoms with E-state index in [1.165, 1.54) is 12.1 Å². The highest BCUT2D eigenvalue weighted by Crippen LogP contribution is 2.35. The molecule has 1 saturated heterocycles. The van der Waals surface area contributed by atoms with Crippen LogP contribution in [-0.4, -0.2) is 68.6 Å². The van der Waals surface area contributed by atoms with Crippen molar-refractivity contribution in [3.05, 3.63) is 59.4 Å². The van der Waals surface area contributed by atoms with Gasteiger partial charge in [0, 0.05) is 11.8 Å². The third kappa shape index (κ3) is 4.59. The number of benzene rings is 2. The van der Waals surface area contributed by atoms with E-state index in [0.29, 0.717) is 12.0 Å². The molecule has 2 aromatic carbocycles. The molecule has 4 rings (SSSR count). The number of aliphatic hydroxyl groups is 4. The summed E-state index contributed by atoms with van der Waals surface area (Å²) in [4.78, 5) is 13.1.